The molecule has 4 rings (SSSR count). The van der Waals surface area contributed by atoms with Crippen LogP contribution < -0.4 is 0 Å². The first-order chi connectivity index (χ1) is 11.5. The summed E-state index contributed by atoms with van der Waals surface area (Å²) in [6.07, 6.45) is -1.09. The minimum atomic E-state index is -1.33. The summed E-state index contributed by atoms with van der Waals surface area (Å²) in [5, 5.41) is 44.3. The molecule has 4 N–H and O–H groups in total. The molecule has 4 aliphatic carbocycles. The summed E-state index contributed by atoms with van der Waals surface area (Å²) in [5.74, 6) is -1.39. The van der Waals surface area contributed by atoms with Gasteiger partial charge in [0.15, 0.2) is 0 Å². The number of aliphatic hydroxyl groups is 4. The van der Waals surface area contributed by atoms with Gasteiger partial charge in [0, 0.05) is 17.3 Å². The molecule has 5 heteroatoms. The van der Waals surface area contributed by atoms with Crippen molar-refractivity contribution in [2.24, 2.45) is 39.9 Å². The van der Waals surface area contributed by atoms with Crippen LogP contribution in [0.3, 0.4) is 0 Å². The fourth-order valence-corrected chi connectivity index (χ4v) is 7.75. The average Bonchev–Trinajstić information content (AvgIpc) is 2.65. The summed E-state index contributed by atoms with van der Waals surface area (Å²) in [4.78, 5) is 13.3. The molecule has 0 aromatic carbocycles. The van der Waals surface area contributed by atoms with Crippen LogP contribution in [0.15, 0.2) is 0 Å². The molecule has 0 aromatic heterocycles. The number of rotatable bonds is 0. The van der Waals surface area contributed by atoms with Crippen LogP contribution in [0, 0.1) is 39.9 Å². The van der Waals surface area contributed by atoms with Crippen LogP contribution in [-0.2, 0) is 4.79 Å². The fourth-order valence-electron chi connectivity index (χ4n) is 7.75. The number of hydrogen-bond donors (Lipinski definition) is 4. The van der Waals surface area contributed by atoms with E-state index >= 15 is 0 Å². The lowest BCUT2D eigenvalue weighted by atomic mass is 9.38. The molecule has 0 aliphatic heterocycles. The van der Waals surface area contributed by atoms with Gasteiger partial charge in [-0.25, -0.2) is 0 Å². The van der Waals surface area contributed by atoms with E-state index < -0.39 is 41.2 Å². The lowest BCUT2D eigenvalue weighted by Gasteiger charge is -2.67. The largest absolute Gasteiger partial charge is 0.393 e. The maximum Gasteiger partial charge on any atom is 0.147 e. The van der Waals surface area contributed by atoms with Crippen LogP contribution in [0.2, 0.25) is 0 Å². The highest BCUT2D eigenvalue weighted by molar-refractivity contribution is 5.92. The molecule has 4 saturated carbocycles. The number of carbonyl (C=O) groups is 1. The number of ketones is 1. The third kappa shape index (κ3) is 1.81. The van der Waals surface area contributed by atoms with Crippen molar-refractivity contribution in [1.82, 2.24) is 0 Å². The van der Waals surface area contributed by atoms with Gasteiger partial charge in [-0.05, 0) is 42.9 Å². The second-order valence-corrected chi connectivity index (χ2v) is 10.2. The van der Waals surface area contributed by atoms with Gasteiger partial charge >= 0.3 is 0 Å². The van der Waals surface area contributed by atoms with Gasteiger partial charge in [0.1, 0.15) is 5.78 Å². The third-order valence-corrected chi connectivity index (χ3v) is 8.95. The van der Waals surface area contributed by atoms with Gasteiger partial charge in [-0.2, -0.15) is 0 Å². The molecule has 1 spiro atoms. The Balaban J connectivity index is 1.94. The van der Waals surface area contributed by atoms with Crippen molar-refractivity contribution >= 4 is 5.78 Å². The quantitative estimate of drug-likeness (QED) is 0.524. The summed E-state index contributed by atoms with van der Waals surface area (Å²) in [5.41, 5.74) is -2.11. The molecule has 4 fully saturated rings. The second kappa shape index (κ2) is 5.06. The zero-order chi connectivity index (χ0) is 18.5. The Labute approximate surface area is 149 Å². The van der Waals surface area contributed by atoms with Crippen LogP contribution in [0.5, 0.6) is 0 Å². The fraction of sp³-hybridized carbons (Fsp3) is 0.950. The van der Waals surface area contributed by atoms with Gasteiger partial charge < -0.3 is 20.4 Å². The summed E-state index contributed by atoms with van der Waals surface area (Å²) < 4.78 is 0. The number of fused-ring (bicyclic) bond motifs is 3. The maximum atomic E-state index is 13.3. The van der Waals surface area contributed by atoms with Crippen molar-refractivity contribution in [1.29, 1.82) is 0 Å². The molecule has 0 unspecified atom stereocenters. The molecule has 5 nitrogen and oxygen atoms in total. The normalized spacial score (nSPS) is 60.1. The summed E-state index contributed by atoms with van der Waals surface area (Å²) in [6, 6.07) is 0. The summed E-state index contributed by atoms with van der Waals surface area (Å²) in [7, 11) is 0. The third-order valence-electron chi connectivity index (χ3n) is 8.95. The number of hydrogen-bond acceptors (Lipinski definition) is 5. The first kappa shape index (κ1) is 17.9. The minimum Gasteiger partial charge on any atom is -0.393 e. The molecule has 25 heavy (non-hydrogen) atoms. The van der Waals surface area contributed by atoms with Crippen molar-refractivity contribution in [2.45, 2.75) is 77.8 Å². The SMILES string of the molecule is C[C@@H]1C(=O)[C@]23[C@H](O)C[C@@H]4C(C)(C)CC[C@@H](O)[C@@]4(C)[C@H]2[C@@H](O)C[C@@H]1[C@H]3O. The molecular weight excluding hydrogens is 320 g/mol. The lowest BCUT2D eigenvalue weighted by Crippen LogP contribution is -2.72. The highest BCUT2D eigenvalue weighted by Crippen LogP contribution is 2.71. The molecule has 4 aliphatic rings. The Hall–Kier alpha value is -0.490. The smallest absolute Gasteiger partial charge is 0.147 e. The van der Waals surface area contributed by atoms with Gasteiger partial charge in [0.25, 0.3) is 0 Å². The summed E-state index contributed by atoms with van der Waals surface area (Å²) >= 11 is 0. The molecule has 2 bridgehead atoms. The number of carbonyl (C=O) groups excluding carboxylic acids is 1. The molecular formula is C20H32O5. The number of aliphatic hydroxyl groups excluding tert-OH is 4. The average molecular weight is 352 g/mol. The van der Waals surface area contributed by atoms with Gasteiger partial charge in [0.2, 0.25) is 0 Å². The van der Waals surface area contributed by atoms with Crippen LogP contribution in [0.25, 0.3) is 0 Å². The second-order valence-electron chi connectivity index (χ2n) is 10.2. The van der Waals surface area contributed by atoms with E-state index in [1.165, 1.54) is 0 Å². The Bertz CT molecular complexity index is 603. The van der Waals surface area contributed by atoms with Crippen LogP contribution >= 0.6 is 0 Å². The van der Waals surface area contributed by atoms with Gasteiger partial charge in [-0.3, -0.25) is 4.79 Å². The number of Topliss-reactive ketones (excluding diaryl/α,β-unsaturated/α-hetero) is 1. The van der Waals surface area contributed by atoms with Crippen LogP contribution in [0.1, 0.15) is 53.4 Å². The van der Waals surface area contributed by atoms with Crippen LogP contribution in [0.4, 0.5) is 0 Å². The maximum absolute atomic E-state index is 13.3. The summed E-state index contributed by atoms with van der Waals surface area (Å²) in [6.45, 7) is 8.09. The van der Waals surface area contributed by atoms with Crippen molar-refractivity contribution in [3.63, 3.8) is 0 Å². The van der Waals surface area contributed by atoms with Crippen molar-refractivity contribution in [3.8, 4) is 0 Å². The van der Waals surface area contributed by atoms with Crippen molar-refractivity contribution < 1.29 is 25.2 Å². The topological polar surface area (TPSA) is 98.0 Å². The predicted molar refractivity (Wildman–Crippen MR) is 91.5 cm³/mol. The first-order valence-electron chi connectivity index (χ1n) is 9.77. The Morgan fingerprint density at radius 2 is 1.64 bits per heavy atom. The monoisotopic (exact) mass is 352 g/mol. The molecule has 0 heterocycles. The van der Waals surface area contributed by atoms with Gasteiger partial charge in [-0.1, -0.05) is 27.7 Å². The molecule has 0 radical (unpaired) electrons. The Morgan fingerprint density at radius 1 is 1.00 bits per heavy atom. The predicted octanol–water partition coefficient (Wildman–Crippen LogP) is 1.12. The minimum absolute atomic E-state index is 0.00326. The van der Waals surface area contributed by atoms with Gasteiger partial charge in [0.05, 0.1) is 29.8 Å². The van der Waals surface area contributed by atoms with E-state index in [2.05, 4.69) is 13.8 Å². The van der Waals surface area contributed by atoms with E-state index in [0.717, 1.165) is 6.42 Å². The molecule has 0 saturated heterocycles. The molecule has 0 aromatic rings. The molecule has 10 atom stereocenters. The van der Waals surface area contributed by atoms with E-state index in [0.29, 0.717) is 19.3 Å². The van der Waals surface area contributed by atoms with Crippen LogP contribution in [-0.4, -0.2) is 50.6 Å². The zero-order valence-corrected chi connectivity index (χ0v) is 15.6. The molecule has 142 valence electrons. The van der Waals surface area contributed by atoms with E-state index in [-0.39, 0.29) is 29.0 Å². The van der Waals surface area contributed by atoms with Crippen molar-refractivity contribution in [2.75, 3.05) is 0 Å². The molecule has 0 amide bonds. The first-order valence-corrected chi connectivity index (χ1v) is 9.77. The van der Waals surface area contributed by atoms with E-state index in [4.69, 9.17) is 0 Å². The Kier molecular flexibility index (Phi) is 3.62. The Morgan fingerprint density at radius 3 is 2.28 bits per heavy atom. The highest BCUT2D eigenvalue weighted by Gasteiger charge is 2.77. The standard InChI is InChI=1S/C20H32O5/c1-9-10-7-11(21)15-19(4)12(18(2,3)6-5-13(19)22)8-14(23)20(15,16(9)24)17(10)25/h9-15,17,21-23,25H,5-8H2,1-4H3/t9-,10-,11-,12+,13+,14+,15+,17+,19-,20-/m0/s1. The zero-order valence-electron chi connectivity index (χ0n) is 15.6. The lowest BCUT2D eigenvalue weighted by molar-refractivity contribution is -0.274. The van der Waals surface area contributed by atoms with Crippen molar-refractivity contribution in [3.05, 3.63) is 0 Å². The van der Waals surface area contributed by atoms with E-state index in [1.807, 2.05) is 13.8 Å². The highest BCUT2D eigenvalue weighted by atomic mass is 16.3. The van der Waals surface area contributed by atoms with E-state index in [9.17, 15) is 25.2 Å². The van der Waals surface area contributed by atoms with Gasteiger partial charge in [-0.15, -0.1) is 0 Å². The van der Waals surface area contributed by atoms with E-state index in [1.54, 1.807) is 0 Å².